The first-order chi connectivity index (χ1) is 8.70. The summed E-state index contributed by atoms with van der Waals surface area (Å²) < 4.78 is 18.5. The van der Waals surface area contributed by atoms with Crippen molar-refractivity contribution in [3.63, 3.8) is 0 Å². The van der Waals surface area contributed by atoms with E-state index in [1.807, 2.05) is 11.2 Å². The van der Waals surface area contributed by atoms with E-state index in [-0.39, 0.29) is 17.8 Å². The number of nitrogens with zero attached hydrogens (tertiary/aromatic N) is 1. The third-order valence-corrected chi connectivity index (χ3v) is 3.46. The molecule has 1 atom stereocenters. The molecule has 0 bridgehead atoms. The zero-order valence-electron chi connectivity index (χ0n) is 10.3. The first-order valence-corrected chi connectivity index (χ1v) is 7.24. The van der Waals surface area contributed by atoms with Gasteiger partial charge in [-0.3, -0.25) is 4.79 Å². The number of rotatable bonds is 3. The van der Waals surface area contributed by atoms with E-state index in [4.69, 9.17) is 4.74 Å². The molecule has 2 rings (SSSR count). The van der Waals surface area contributed by atoms with Gasteiger partial charge in [0.05, 0.1) is 18.9 Å². The molecule has 1 aliphatic rings. The van der Waals surface area contributed by atoms with E-state index in [1.54, 1.807) is 12.1 Å². The maximum Gasteiger partial charge on any atom is 0.232 e. The van der Waals surface area contributed by atoms with Gasteiger partial charge in [-0.1, -0.05) is 12.1 Å². The Morgan fingerprint density at radius 2 is 2.22 bits per heavy atom. The lowest BCUT2D eigenvalue weighted by Gasteiger charge is -2.33. The molecule has 0 N–H and O–H groups in total. The van der Waals surface area contributed by atoms with Crippen LogP contribution in [0.1, 0.15) is 11.7 Å². The number of hydrogen-bond donors (Lipinski definition) is 0. The van der Waals surface area contributed by atoms with E-state index in [1.165, 1.54) is 23.9 Å². The van der Waals surface area contributed by atoms with Gasteiger partial charge in [0.2, 0.25) is 5.91 Å². The number of benzene rings is 1. The topological polar surface area (TPSA) is 29.5 Å². The van der Waals surface area contributed by atoms with Gasteiger partial charge >= 0.3 is 0 Å². The number of thioether (sulfide) groups is 1. The first-order valence-electron chi connectivity index (χ1n) is 5.84. The summed E-state index contributed by atoms with van der Waals surface area (Å²) in [6.07, 6.45) is 1.76. The van der Waals surface area contributed by atoms with Crippen molar-refractivity contribution in [3.8, 4) is 0 Å². The van der Waals surface area contributed by atoms with Crippen LogP contribution < -0.4 is 0 Å². The highest BCUT2D eigenvalue weighted by atomic mass is 32.2. The number of halogens is 1. The second kappa shape index (κ2) is 6.20. The van der Waals surface area contributed by atoms with Crippen molar-refractivity contribution in [1.29, 1.82) is 0 Å². The molecule has 0 aliphatic carbocycles. The summed E-state index contributed by atoms with van der Waals surface area (Å²) in [7, 11) is 0. The van der Waals surface area contributed by atoms with Gasteiger partial charge in [-0.25, -0.2) is 4.39 Å². The molecular formula is C13H16FNO2S. The summed E-state index contributed by atoms with van der Waals surface area (Å²) in [6, 6.07) is 6.26. The Morgan fingerprint density at radius 3 is 2.89 bits per heavy atom. The first kappa shape index (κ1) is 13.4. The van der Waals surface area contributed by atoms with E-state index in [0.717, 1.165) is 5.56 Å². The number of ether oxygens (including phenoxy) is 1. The van der Waals surface area contributed by atoms with E-state index < -0.39 is 0 Å². The highest BCUT2D eigenvalue weighted by Crippen LogP contribution is 2.22. The molecule has 1 saturated heterocycles. The fourth-order valence-electron chi connectivity index (χ4n) is 1.97. The Bertz CT molecular complexity index is 410. The minimum absolute atomic E-state index is 0.137. The average Bonchev–Trinajstić information content (AvgIpc) is 2.40. The van der Waals surface area contributed by atoms with Gasteiger partial charge in [-0.15, -0.1) is 0 Å². The predicted molar refractivity (Wildman–Crippen MR) is 70.1 cm³/mol. The monoisotopic (exact) mass is 269 g/mol. The summed E-state index contributed by atoms with van der Waals surface area (Å²) >= 11 is 1.52. The standard InChI is InChI=1S/C13H16FNO2S/c1-18-9-13(16)15-6-7-17-12(8-15)10-2-4-11(14)5-3-10/h2-5,12H,6-9H2,1H3. The van der Waals surface area contributed by atoms with Crippen molar-refractivity contribution in [1.82, 2.24) is 4.90 Å². The van der Waals surface area contributed by atoms with E-state index >= 15 is 0 Å². The lowest BCUT2D eigenvalue weighted by molar-refractivity contribution is -0.136. The van der Waals surface area contributed by atoms with Crippen LogP contribution in [0, 0.1) is 5.82 Å². The van der Waals surface area contributed by atoms with Crippen LogP contribution in [0.2, 0.25) is 0 Å². The minimum Gasteiger partial charge on any atom is -0.370 e. The average molecular weight is 269 g/mol. The van der Waals surface area contributed by atoms with Gasteiger partial charge in [-0.2, -0.15) is 11.8 Å². The van der Waals surface area contributed by atoms with Crippen LogP contribution in [0.5, 0.6) is 0 Å². The molecule has 3 nitrogen and oxygen atoms in total. The van der Waals surface area contributed by atoms with E-state index in [9.17, 15) is 9.18 Å². The Kier molecular flexibility index (Phi) is 4.60. The van der Waals surface area contributed by atoms with Crippen molar-refractivity contribution in [2.24, 2.45) is 0 Å². The van der Waals surface area contributed by atoms with E-state index in [2.05, 4.69) is 0 Å². The van der Waals surface area contributed by atoms with Gasteiger partial charge in [0.15, 0.2) is 0 Å². The van der Waals surface area contributed by atoms with Crippen LogP contribution >= 0.6 is 11.8 Å². The summed E-state index contributed by atoms with van der Waals surface area (Å²) in [5.41, 5.74) is 0.915. The molecule has 1 fully saturated rings. The fraction of sp³-hybridized carbons (Fsp3) is 0.462. The molecule has 1 aliphatic heterocycles. The molecule has 1 heterocycles. The van der Waals surface area contributed by atoms with Gasteiger partial charge in [0.25, 0.3) is 0 Å². The van der Waals surface area contributed by atoms with Crippen LogP contribution in [-0.4, -0.2) is 42.5 Å². The Hall–Kier alpha value is -1.07. The van der Waals surface area contributed by atoms with Crippen molar-refractivity contribution in [2.45, 2.75) is 6.10 Å². The predicted octanol–water partition coefficient (Wildman–Crippen LogP) is 2.09. The van der Waals surface area contributed by atoms with Gasteiger partial charge < -0.3 is 9.64 Å². The number of hydrogen-bond acceptors (Lipinski definition) is 3. The number of carbonyl (C=O) groups excluding carboxylic acids is 1. The lowest BCUT2D eigenvalue weighted by Crippen LogP contribution is -2.43. The SMILES string of the molecule is CSCC(=O)N1CCOC(c2ccc(F)cc2)C1. The number of carbonyl (C=O) groups is 1. The molecule has 5 heteroatoms. The number of amides is 1. The summed E-state index contributed by atoms with van der Waals surface area (Å²) in [5, 5.41) is 0. The molecule has 1 amide bonds. The molecule has 0 aromatic heterocycles. The zero-order chi connectivity index (χ0) is 13.0. The normalized spacial score (nSPS) is 19.9. The van der Waals surface area contributed by atoms with Crippen molar-refractivity contribution >= 4 is 17.7 Å². The van der Waals surface area contributed by atoms with Crippen molar-refractivity contribution < 1.29 is 13.9 Å². The molecular weight excluding hydrogens is 253 g/mol. The molecule has 18 heavy (non-hydrogen) atoms. The molecule has 0 saturated carbocycles. The minimum atomic E-state index is -0.259. The second-order valence-corrected chi connectivity index (χ2v) is 5.05. The molecule has 98 valence electrons. The van der Waals surface area contributed by atoms with Gasteiger partial charge in [0, 0.05) is 6.54 Å². The summed E-state index contributed by atoms with van der Waals surface area (Å²) in [4.78, 5) is 13.6. The molecule has 1 aromatic rings. The summed E-state index contributed by atoms with van der Waals surface area (Å²) in [6.45, 7) is 1.71. The molecule has 1 aromatic carbocycles. The largest absolute Gasteiger partial charge is 0.370 e. The van der Waals surface area contributed by atoms with Crippen LogP contribution in [0.4, 0.5) is 4.39 Å². The second-order valence-electron chi connectivity index (χ2n) is 4.18. The lowest BCUT2D eigenvalue weighted by atomic mass is 10.1. The maximum absolute atomic E-state index is 12.9. The van der Waals surface area contributed by atoms with Gasteiger partial charge in [-0.05, 0) is 24.0 Å². The highest BCUT2D eigenvalue weighted by Gasteiger charge is 2.24. The van der Waals surface area contributed by atoms with E-state index in [0.29, 0.717) is 25.4 Å². The smallest absolute Gasteiger partial charge is 0.232 e. The van der Waals surface area contributed by atoms with Crippen LogP contribution in [-0.2, 0) is 9.53 Å². The molecule has 0 spiro atoms. The third kappa shape index (κ3) is 3.23. The van der Waals surface area contributed by atoms with Gasteiger partial charge in [0.1, 0.15) is 11.9 Å². The Balaban J connectivity index is 2.02. The Labute approximate surface area is 110 Å². The van der Waals surface area contributed by atoms with Crippen LogP contribution in [0.15, 0.2) is 24.3 Å². The van der Waals surface area contributed by atoms with Crippen LogP contribution in [0.25, 0.3) is 0 Å². The van der Waals surface area contributed by atoms with Crippen LogP contribution in [0.3, 0.4) is 0 Å². The molecule has 0 radical (unpaired) electrons. The van der Waals surface area contributed by atoms with Crippen molar-refractivity contribution in [2.75, 3.05) is 31.7 Å². The summed E-state index contributed by atoms with van der Waals surface area (Å²) in [5.74, 6) is 0.374. The van der Waals surface area contributed by atoms with Crippen molar-refractivity contribution in [3.05, 3.63) is 35.6 Å². The highest BCUT2D eigenvalue weighted by molar-refractivity contribution is 7.99. The third-order valence-electron chi connectivity index (χ3n) is 2.93. The quantitative estimate of drug-likeness (QED) is 0.841. The number of morpholine rings is 1. The Morgan fingerprint density at radius 1 is 1.50 bits per heavy atom. The molecule has 1 unspecified atom stereocenters. The zero-order valence-corrected chi connectivity index (χ0v) is 11.1. The fourth-order valence-corrected chi connectivity index (χ4v) is 2.40. The maximum atomic E-state index is 12.9.